The highest BCUT2D eigenvalue weighted by Gasteiger charge is 2.27. The van der Waals surface area contributed by atoms with Crippen LogP contribution in [0.3, 0.4) is 0 Å². The average molecular weight is 252 g/mol. The summed E-state index contributed by atoms with van der Waals surface area (Å²) in [7, 11) is 0. The molecule has 0 amide bonds. The van der Waals surface area contributed by atoms with E-state index in [1.807, 2.05) is 20.8 Å². The molecule has 0 bridgehead atoms. The van der Waals surface area contributed by atoms with Gasteiger partial charge in [0, 0.05) is 6.54 Å². The summed E-state index contributed by atoms with van der Waals surface area (Å²) in [5.74, 6) is -0.0503. The number of esters is 1. The molecule has 0 aromatic rings. The van der Waals surface area contributed by atoms with E-state index in [0.29, 0.717) is 6.61 Å². The molecule has 1 unspecified atom stereocenters. The lowest BCUT2D eigenvalue weighted by molar-refractivity contribution is -0.149. The Kier molecular flexibility index (Phi) is 5.61. The summed E-state index contributed by atoms with van der Waals surface area (Å²) in [6, 6.07) is 2.32. The van der Waals surface area contributed by atoms with Gasteiger partial charge in [-0.15, -0.1) is 0 Å². The van der Waals surface area contributed by atoms with Crippen LogP contribution in [0, 0.1) is 22.7 Å². The molecular weight excluding hydrogens is 228 g/mol. The van der Waals surface area contributed by atoms with E-state index in [9.17, 15) is 4.79 Å². The number of nitriles is 1. The lowest BCUT2D eigenvalue weighted by atomic mass is 9.90. The summed E-state index contributed by atoms with van der Waals surface area (Å²) < 4.78 is 5.08. The molecule has 4 nitrogen and oxygen atoms in total. The minimum atomic E-state index is -0.281. The van der Waals surface area contributed by atoms with Gasteiger partial charge in [-0.25, -0.2) is 0 Å². The molecule has 102 valence electrons. The van der Waals surface area contributed by atoms with Crippen LogP contribution in [-0.4, -0.2) is 37.1 Å². The van der Waals surface area contributed by atoms with Gasteiger partial charge in [0.05, 0.1) is 24.0 Å². The fourth-order valence-corrected chi connectivity index (χ4v) is 2.20. The maximum Gasteiger partial charge on any atom is 0.310 e. The van der Waals surface area contributed by atoms with E-state index in [4.69, 9.17) is 10.00 Å². The van der Waals surface area contributed by atoms with Crippen molar-refractivity contribution in [2.45, 2.75) is 40.0 Å². The first-order valence-corrected chi connectivity index (χ1v) is 6.79. The number of hydrogen-bond donors (Lipinski definition) is 0. The molecular formula is C14H24N2O2. The lowest BCUT2D eigenvalue weighted by Crippen LogP contribution is -2.40. The van der Waals surface area contributed by atoms with Crippen molar-refractivity contribution in [1.29, 1.82) is 5.26 Å². The Labute approximate surface area is 110 Å². The molecule has 0 N–H and O–H groups in total. The van der Waals surface area contributed by atoms with Crippen molar-refractivity contribution in [3.8, 4) is 6.07 Å². The molecule has 0 radical (unpaired) electrons. The Balaban J connectivity index is 2.40. The van der Waals surface area contributed by atoms with E-state index in [1.165, 1.54) is 0 Å². The van der Waals surface area contributed by atoms with Crippen LogP contribution in [-0.2, 0) is 9.53 Å². The van der Waals surface area contributed by atoms with Crippen LogP contribution < -0.4 is 0 Å². The molecule has 0 saturated carbocycles. The molecule has 1 saturated heterocycles. The second-order valence-corrected chi connectivity index (χ2v) is 5.64. The summed E-state index contributed by atoms with van der Waals surface area (Å²) in [6.45, 7) is 8.90. The van der Waals surface area contributed by atoms with Crippen LogP contribution in [0.25, 0.3) is 0 Å². The van der Waals surface area contributed by atoms with E-state index in [0.717, 1.165) is 38.9 Å². The molecule has 1 fully saturated rings. The van der Waals surface area contributed by atoms with Crippen molar-refractivity contribution in [3.63, 3.8) is 0 Å². The predicted octanol–water partition coefficient (Wildman–Crippen LogP) is 2.20. The second kappa shape index (κ2) is 6.75. The fourth-order valence-electron chi connectivity index (χ4n) is 2.20. The normalized spacial score (nSPS) is 21.3. The number of rotatable bonds is 5. The van der Waals surface area contributed by atoms with Crippen LogP contribution in [0.1, 0.15) is 40.0 Å². The van der Waals surface area contributed by atoms with E-state index in [1.54, 1.807) is 0 Å². The number of nitrogens with zero attached hydrogens (tertiary/aromatic N) is 2. The van der Waals surface area contributed by atoms with E-state index in [-0.39, 0.29) is 17.3 Å². The van der Waals surface area contributed by atoms with Crippen molar-refractivity contribution in [2.24, 2.45) is 11.3 Å². The molecule has 1 atom stereocenters. The molecule has 4 heteroatoms. The third-order valence-corrected chi connectivity index (χ3v) is 3.48. The van der Waals surface area contributed by atoms with Crippen LogP contribution in [0.15, 0.2) is 0 Å². The first-order valence-electron chi connectivity index (χ1n) is 6.79. The van der Waals surface area contributed by atoms with Crippen LogP contribution in [0.4, 0.5) is 0 Å². The molecule has 1 rings (SSSR count). The summed E-state index contributed by atoms with van der Waals surface area (Å²) in [4.78, 5) is 14.0. The van der Waals surface area contributed by atoms with Gasteiger partial charge in [0.15, 0.2) is 0 Å². The number of ether oxygens (including phenoxy) is 1. The Bertz CT molecular complexity index is 320. The smallest absolute Gasteiger partial charge is 0.310 e. The number of carbonyl (C=O) groups excluding carboxylic acids is 1. The zero-order valence-electron chi connectivity index (χ0n) is 11.7. The number of carbonyl (C=O) groups is 1. The Morgan fingerprint density at radius 2 is 2.28 bits per heavy atom. The Morgan fingerprint density at radius 1 is 1.56 bits per heavy atom. The van der Waals surface area contributed by atoms with Crippen molar-refractivity contribution < 1.29 is 9.53 Å². The summed E-state index contributed by atoms with van der Waals surface area (Å²) in [5.41, 5.74) is -0.281. The number of hydrogen-bond acceptors (Lipinski definition) is 4. The Morgan fingerprint density at radius 3 is 2.89 bits per heavy atom. The third kappa shape index (κ3) is 4.66. The van der Waals surface area contributed by atoms with E-state index in [2.05, 4.69) is 11.0 Å². The van der Waals surface area contributed by atoms with Gasteiger partial charge in [-0.3, -0.25) is 4.79 Å². The molecule has 18 heavy (non-hydrogen) atoms. The minimum Gasteiger partial charge on any atom is -0.466 e. The molecule has 0 aromatic carbocycles. The van der Waals surface area contributed by atoms with Gasteiger partial charge in [-0.1, -0.05) is 0 Å². The Hall–Kier alpha value is -1.08. The standard InChI is InChI=1S/C14H24N2O2/c1-4-18-13(17)12-6-5-8-16(10-12)9-7-14(2,3)11-15/h12H,4-10H2,1-3H3. The molecule has 1 aliphatic heterocycles. The predicted molar refractivity (Wildman–Crippen MR) is 69.8 cm³/mol. The molecule has 1 aliphatic rings. The van der Waals surface area contributed by atoms with Crippen molar-refractivity contribution in [2.75, 3.05) is 26.2 Å². The van der Waals surface area contributed by atoms with Gasteiger partial charge >= 0.3 is 5.97 Å². The average Bonchev–Trinajstić information content (AvgIpc) is 2.37. The van der Waals surface area contributed by atoms with Crippen LogP contribution in [0.2, 0.25) is 0 Å². The maximum absolute atomic E-state index is 11.7. The van der Waals surface area contributed by atoms with E-state index < -0.39 is 0 Å². The van der Waals surface area contributed by atoms with Crippen molar-refractivity contribution in [1.82, 2.24) is 4.90 Å². The van der Waals surface area contributed by atoms with Gasteiger partial charge < -0.3 is 9.64 Å². The molecule has 1 heterocycles. The third-order valence-electron chi connectivity index (χ3n) is 3.48. The second-order valence-electron chi connectivity index (χ2n) is 5.64. The lowest BCUT2D eigenvalue weighted by Gasteiger charge is -2.32. The minimum absolute atomic E-state index is 0.0175. The van der Waals surface area contributed by atoms with Gasteiger partial charge in [0.25, 0.3) is 0 Å². The van der Waals surface area contributed by atoms with Gasteiger partial charge in [-0.2, -0.15) is 5.26 Å². The molecule has 0 aromatic heterocycles. The number of likely N-dealkylation sites (tertiary alicyclic amines) is 1. The summed E-state index contributed by atoms with van der Waals surface area (Å²) in [5, 5.41) is 8.99. The topological polar surface area (TPSA) is 53.3 Å². The van der Waals surface area contributed by atoms with E-state index >= 15 is 0 Å². The van der Waals surface area contributed by atoms with Crippen molar-refractivity contribution in [3.05, 3.63) is 0 Å². The summed E-state index contributed by atoms with van der Waals surface area (Å²) in [6.07, 6.45) is 2.81. The maximum atomic E-state index is 11.7. The zero-order valence-corrected chi connectivity index (χ0v) is 11.7. The van der Waals surface area contributed by atoms with Gasteiger partial charge in [0.2, 0.25) is 0 Å². The summed E-state index contributed by atoms with van der Waals surface area (Å²) >= 11 is 0. The van der Waals surface area contributed by atoms with Gasteiger partial charge in [0.1, 0.15) is 0 Å². The van der Waals surface area contributed by atoms with Crippen molar-refractivity contribution >= 4 is 5.97 Å². The van der Waals surface area contributed by atoms with Crippen LogP contribution >= 0.6 is 0 Å². The van der Waals surface area contributed by atoms with Crippen LogP contribution in [0.5, 0.6) is 0 Å². The highest BCUT2D eigenvalue weighted by molar-refractivity contribution is 5.72. The first kappa shape index (κ1) is 15.0. The molecule has 0 spiro atoms. The quantitative estimate of drug-likeness (QED) is 0.704. The molecule has 0 aliphatic carbocycles. The highest BCUT2D eigenvalue weighted by Crippen LogP contribution is 2.22. The number of piperidine rings is 1. The van der Waals surface area contributed by atoms with Gasteiger partial charge in [-0.05, 0) is 53.1 Å². The zero-order chi connectivity index (χ0) is 13.6. The first-order chi connectivity index (χ1) is 8.48. The largest absolute Gasteiger partial charge is 0.466 e. The fraction of sp³-hybridized carbons (Fsp3) is 0.857. The highest BCUT2D eigenvalue weighted by atomic mass is 16.5. The monoisotopic (exact) mass is 252 g/mol. The SMILES string of the molecule is CCOC(=O)C1CCCN(CCC(C)(C)C#N)C1.